The quantitative estimate of drug-likeness (QED) is 0.390. The smallest absolute Gasteiger partial charge is 0.273 e. The van der Waals surface area contributed by atoms with Crippen LogP contribution in [0.4, 0.5) is 10.1 Å². The zero-order valence-electron chi connectivity index (χ0n) is 19.9. The second-order valence-corrected chi connectivity index (χ2v) is 9.79. The highest BCUT2D eigenvalue weighted by atomic mass is 19.1. The fourth-order valence-electron chi connectivity index (χ4n) is 4.80. The van der Waals surface area contributed by atoms with Crippen molar-refractivity contribution < 1.29 is 14.1 Å². The van der Waals surface area contributed by atoms with Gasteiger partial charge in [-0.1, -0.05) is 58.0 Å². The molecule has 0 radical (unpaired) electrons. The van der Waals surface area contributed by atoms with Crippen molar-refractivity contribution in [3.8, 4) is 0 Å². The van der Waals surface area contributed by atoms with Crippen LogP contribution < -0.4 is 0 Å². The van der Waals surface area contributed by atoms with Crippen LogP contribution in [0.5, 0.6) is 0 Å². The molecule has 1 heterocycles. The van der Waals surface area contributed by atoms with E-state index in [2.05, 4.69) is 18.7 Å². The Labute approximate surface area is 195 Å². The van der Waals surface area contributed by atoms with Crippen molar-refractivity contribution >= 4 is 11.6 Å². The SMILES string of the molecule is CC(C)CN(C[C@H]1CN(Cc2ccccc2[N+](=O)[O-])C[C@H]1c1cccc(F)c1)C(=O)C(C)C. The van der Waals surface area contributed by atoms with Crippen LogP contribution in [0.2, 0.25) is 0 Å². The minimum Gasteiger partial charge on any atom is -0.342 e. The van der Waals surface area contributed by atoms with Crippen molar-refractivity contribution in [3.63, 3.8) is 0 Å². The van der Waals surface area contributed by atoms with E-state index < -0.39 is 0 Å². The fourth-order valence-corrected chi connectivity index (χ4v) is 4.80. The minimum atomic E-state index is -0.349. The van der Waals surface area contributed by atoms with Gasteiger partial charge in [0.05, 0.1) is 4.92 Å². The van der Waals surface area contributed by atoms with Crippen LogP contribution >= 0.6 is 0 Å². The maximum atomic E-state index is 14.0. The molecule has 1 amide bonds. The molecular formula is C26H34FN3O3. The van der Waals surface area contributed by atoms with Crippen molar-refractivity contribution in [2.24, 2.45) is 17.8 Å². The number of hydrogen-bond acceptors (Lipinski definition) is 4. The van der Waals surface area contributed by atoms with Gasteiger partial charge in [-0.3, -0.25) is 19.8 Å². The largest absolute Gasteiger partial charge is 0.342 e. The Morgan fingerprint density at radius 3 is 2.52 bits per heavy atom. The monoisotopic (exact) mass is 455 g/mol. The Balaban J connectivity index is 1.87. The molecule has 1 aliphatic heterocycles. The van der Waals surface area contributed by atoms with E-state index in [0.717, 1.165) is 5.56 Å². The Morgan fingerprint density at radius 2 is 1.88 bits per heavy atom. The molecule has 6 nitrogen and oxygen atoms in total. The number of benzene rings is 2. The van der Waals surface area contributed by atoms with Crippen molar-refractivity contribution in [2.45, 2.75) is 40.2 Å². The van der Waals surface area contributed by atoms with Crippen molar-refractivity contribution in [3.05, 3.63) is 75.6 Å². The molecule has 2 aromatic carbocycles. The maximum absolute atomic E-state index is 14.0. The summed E-state index contributed by atoms with van der Waals surface area (Å²) >= 11 is 0. The molecule has 1 saturated heterocycles. The standard InChI is InChI=1S/C26H34FN3O3/c1-18(2)13-29(26(31)19(3)4)16-22-15-28(14-21-8-5-6-11-25(21)30(32)33)17-24(22)20-9-7-10-23(27)12-20/h5-12,18-19,22,24H,13-17H2,1-4H3/t22-,24+/m1/s1. The van der Waals surface area contributed by atoms with Gasteiger partial charge in [0, 0.05) is 56.2 Å². The Kier molecular flexibility index (Phi) is 8.19. The third kappa shape index (κ3) is 6.38. The number of nitrogens with zero attached hydrogens (tertiary/aromatic N) is 3. The molecule has 0 spiro atoms. The molecule has 0 saturated carbocycles. The first-order valence-electron chi connectivity index (χ1n) is 11.6. The van der Waals surface area contributed by atoms with E-state index in [1.54, 1.807) is 24.3 Å². The van der Waals surface area contributed by atoms with E-state index in [1.165, 1.54) is 12.1 Å². The lowest BCUT2D eigenvalue weighted by Gasteiger charge is -2.31. The van der Waals surface area contributed by atoms with Crippen LogP contribution in [0, 0.1) is 33.7 Å². The minimum absolute atomic E-state index is 0.0399. The topological polar surface area (TPSA) is 66.7 Å². The summed E-state index contributed by atoms with van der Waals surface area (Å²) in [6.45, 7) is 11.1. The number of para-hydroxylation sites is 1. The Morgan fingerprint density at radius 1 is 1.15 bits per heavy atom. The third-order valence-electron chi connectivity index (χ3n) is 6.22. The van der Waals surface area contributed by atoms with Gasteiger partial charge in [0.1, 0.15) is 5.82 Å². The average Bonchev–Trinajstić information content (AvgIpc) is 3.14. The molecule has 3 rings (SSSR count). The summed E-state index contributed by atoms with van der Waals surface area (Å²) in [5, 5.41) is 11.5. The van der Waals surface area contributed by atoms with Gasteiger partial charge in [0.2, 0.25) is 5.91 Å². The second kappa shape index (κ2) is 10.9. The number of halogens is 1. The maximum Gasteiger partial charge on any atom is 0.273 e. The summed E-state index contributed by atoms with van der Waals surface area (Å²) in [5.41, 5.74) is 1.68. The average molecular weight is 456 g/mol. The lowest BCUT2D eigenvalue weighted by atomic mass is 9.88. The zero-order chi connectivity index (χ0) is 24.1. The Hall–Kier alpha value is -2.80. The van der Waals surface area contributed by atoms with Gasteiger partial charge in [-0.25, -0.2) is 4.39 Å². The molecule has 0 N–H and O–H groups in total. The number of carbonyl (C=O) groups excluding carboxylic acids is 1. The predicted molar refractivity (Wildman–Crippen MR) is 127 cm³/mol. The number of nitro benzene ring substituents is 1. The molecule has 0 aliphatic carbocycles. The van der Waals surface area contributed by atoms with Gasteiger partial charge in [-0.2, -0.15) is 0 Å². The molecule has 33 heavy (non-hydrogen) atoms. The molecule has 0 aromatic heterocycles. The highest BCUT2D eigenvalue weighted by Gasteiger charge is 2.37. The number of hydrogen-bond donors (Lipinski definition) is 0. The van der Waals surface area contributed by atoms with Gasteiger partial charge in [-0.05, 0) is 29.5 Å². The first-order valence-corrected chi connectivity index (χ1v) is 11.6. The molecule has 0 unspecified atom stereocenters. The molecular weight excluding hydrogens is 421 g/mol. The summed E-state index contributed by atoms with van der Waals surface area (Å²) in [4.78, 5) is 28.2. The van der Waals surface area contributed by atoms with Crippen molar-refractivity contribution in [1.82, 2.24) is 9.80 Å². The first kappa shape index (κ1) is 24.8. The van der Waals surface area contributed by atoms with Gasteiger partial charge < -0.3 is 4.90 Å². The molecule has 2 aromatic rings. The zero-order valence-corrected chi connectivity index (χ0v) is 19.9. The van der Waals surface area contributed by atoms with Crippen LogP contribution in [0.15, 0.2) is 48.5 Å². The molecule has 2 atom stereocenters. The molecule has 7 heteroatoms. The molecule has 1 fully saturated rings. The predicted octanol–water partition coefficient (Wildman–Crippen LogP) is 5.09. The van der Waals surface area contributed by atoms with Gasteiger partial charge in [0.15, 0.2) is 0 Å². The van der Waals surface area contributed by atoms with E-state index in [4.69, 9.17) is 0 Å². The number of rotatable bonds is 9. The van der Waals surface area contributed by atoms with Gasteiger partial charge in [-0.15, -0.1) is 0 Å². The van der Waals surface area contributed by atoms with Crippen LogP contribution in [0.1, 0.15) is 44.7 Å². The van der Waals surface area contributed by atoms with Crippen LogP contribution in [-0.2, 0) is 11.3 Å². The molecule has 1 aliphatic rings. The van der Waals surface area contributed by atoms with E-state index in [1.807, 2.05) is 30.9 Å². The van der Waals surface area contributed by atoms with Gasteiger partial charge in [0.25, 0.3) is 5.69 Å². The first-order chi connectivity index (χ1) is 15.7. The highest BCUT2D eigenvalue weighted by Crippen LogP contribution is 2.35. The normalized spacial score (nSPS) is 18.8. The van der Waals surface area contributed by atoms with Crippen molar-refractivity contribution in [2.75, 3.05) is 26.2 Å². The number of carbonyl (C=O) groups is 1. The lowest BCUT2D eigenvalue weighted by Crippen LogP contribution is -2.41. The summed E-state index contributed by atoms with van der Waals surface area (Å²) in [6, 6.07) is 13.5. The molecule has 0 bridgehead atoms. The lowest BCUT2D eigenvalue weighted by molar-refractivity contribution is -0.385. The van der Waals surface area contributed by atoms with Crippen LogP contribution in [-0.4, -0.2) is 46.8 Å². The summed E-state index contributed by atoms with van der Waals surface area (Å²) in [5.74, 6) is 0.235. The Bertz CT molecular complexity index is 979. The van der Waals surface area contributed by atoms with E-state index >= 15 is 0 Å². The van der Waals surface area contributed by atoms with E-state index in [0.29, 0.717) is 44.2 Å². The van der Waals surface area contributed by atoms with E-state index in [9.17, 15) is 19.3 Å². The summed E-state index contributed by atoms with van der Waals surface area (Å²) < 4.78 is 14.0. The third-order valence-corrected chi connectivity index (χ3v) is 6.22. The van der Waals surface area contributed by atoms with Crippen LogP contribution in [0.3, 0.4) is 0 Å². The van der Waals surface area contributed by atoms with E-state index in [-0.39, 0.29) is 40.1 Å². The van der Waals surface area contributed by atoms with Crippen molar-refractivity contribution in [1.29, 1.82) is 0 Å². The van der Waals surface area contributed by atoms with Crippen LogP contribution in [0.25, 0.3) is 0 Å². The molecule has 178 valence electrons. The summed E-state index contributed by atoms with van der Waals surface area (Å²) in [7, 11) is 0. The van der Waals surface area contributed by atoms with Gasteiger partial charge >= 0.3 is 0 Å². The summed E-state index contributed by atoms with van der Waals surface area (Å²) in [6.07, 6.45) is 0. The highest BCUT2D eigenvalue weighted by molar-refractivity contribution is 5.78. The fraction of sp³-hybridized carbons (Fsp3) is 0.500. The number of amides is 1. The second-order valence-electron chi connectivity index (χ2n) is 9.79. The number of nitro groups is 1. The number of likely N-dealkylation sites (tertiary alicyclic amines) is 1.